The smallest absolute Gasteiger partial charge is 0.277 e. The minimum absolute atomic E-state index is 0.139. The van der Waals surface area contributed by atoms with Gasteiger partial charge in [0.2, 0.25) is 0 Å². The predicted octanol–water partition coefficient (Wildman–Crippen LogP) is 1.99. The summed E-state index contributed by atoms with van der Waals surface area (Å²) in [7, 11) is 0.225. The zero-order valence-corrected chi connectivity index (χ0v) is 12.7. The standard InChI is InChI=1S/C14H15NO5S/c1-10-5-4-8-15(16,14(10)21(17)18)12-9-11(19-2)6-7-13(12)20-3/h4-9H,1-3H3. The predicted molar refractivity (Wildman–Crippen MR) is 81.5 cm³/mol. The first-order valence-corrected chi connectivity index (χ1v) is 7.17. The van der Waals surface area contributed by atoms with Gasteiger partial charge >= 0.3 is 0 Å². The number of benzene rings is 1. The van der Waals surface area contributed by atoms with Gasteiger partial charge in [0.25, 0.3) is 15.3 Å². The number of rotatable bonds is 3. The van der Waals surface area contributed by atoms with Crippen molar-refractivity contribution in [1.82, 2.24) is 4.65 Å². The molecule has 0 aromatic heterocycles. The highest BCUT2D eigenvalue weighted by atomic mass is 32.2. The summed E-state index contributed by atoms with van der Waals surface area (Å²) < 4.78 is 32.1. The molecule has 1 aliphatic rings. The molecule has 0 fully saturated rings. The van der Waals surface area contributed by atoms with Gasteiger partial charge in [-0.15, -0.1) is 0 Å². The van der Waals surface area contributed by atoms with Gasteiger partial charge in [-0.1, -0.05) is 0 Å². The van der Waals surface area contributed by atoms with Crippen LogP contribution in [-0.2, 0) is 10.3 Å². The lowest BCUT2D eigenvalue weighted by Gasteiger charge is -2.39. The fourth-order valence-corrected chi connectivity index (χ4v) is 2.91. The summed E-state index contributed by atoms with van der Waals surface area (Å²) in [5.41, 5.74) is 0.519. The molecule has 2 rings (SSSR count). The SMILES string of the molecule is COc1ccc(OC)c([N+]2([O-])C=CC=C(C)C2=S(=O)=O)c1. The van der Waals surface area contributed by atoms with Gasteiger partial charge in [0.05, 0.1) is 14.2 Å². The van der Waals surface area contributed by atoms with E-state index in [2.05, 4.69) is 0 Å². The van der Waals surface area contributed by atoms with Crippen molar-refractivity contribution in [2.45, 2.75) is 6.92 Å². The molecule has 112 valence electrons. The summed E-state index contributed by atoms with van der Waals surface area (Å²) in [6, 6.07) is 4.68. The van der Waals surface area contributed by atoms with Crippen molar-refractivity contribution in [2.24, 2.45) is 0 Å². The highest BCUT2D eigenvalue weighted by molar-refractivity contribution is 7.73. The van der Waals surface area contributed by atoms with Gasteiger partial charge in [-0.25, -0.2) is 0 Å². The van der Waals surface area contributed by atoms with Crippen molar-refractivity contribution in [2.75, 3.05) is 14.2 Å². The number of hydroxylamine groups is 2. The average Bonchev–Trinajstić information content (AvgIpc) is 2.46. The number of ether oxygens (including phenoxy) is 2. The van der Waals surface area contributed by atoms with Crippen molar-refractivity contribution >= 4 is 21.0 Å². The van der Waals surface area contributed by atoms with E-state index in [0.717, 1.165) is 0 Å². The lowest BCUT2D eigenvalue weighted by Crippen LogP contribution is -2.46. The Morgan fingerprint density at radius 2 is 1.90 bits per heavy atom. The number of hydrogen-bond acceptors (Lipinski definition) is 5. The summed E-state index contributed by atoms with van der Waals surface area (Å²) in [5.74, 6) is 0.726. The van der Waals surface area contributed by atoms with E-state index in [0.29, 0.717) is 11.3 Å². The van der Waals surface area contributed by atoms with Gasteiger partial charge < -0.3 is 14.7 Å². The second-order valence-corrected chi connectivity index (χ2v) is 5.28. The van der Waals surface area contributed by atoms with Crippen LogP contribution in [0, 0.1) is 5.21 Å². The fraction of sp³-hybridized carbons (Fsp3) is 0.214. The Bertz CT molecular complexity index is 756. The third kappa shape index (κ3) is 2.58. The van der Waals surface area contributed by atoms with E-state index in [1.54, 1.807) is 25.1 Å². The molecule has 0 spiro atoms. The minimum Gasteiger partial charge on any atom is -0.616 e. The van der Waals surface area contributed by atoms with E-state index in [9.17, 15) is 13.6 Å². The summed E-state index contributed by atoms with van der Waals surface area (Å²) in [5, 5.41) is 13.2. The van der Waals surface area contributed by atoms with Crippen molar-refractivity contribution in [1.29, 1.82) is 0 Å². The van der Waals surface area contributed by atoms with E-state index in [-0.39, 0.29) is 16.4 Å². The van der Waals surface area contributed by atoms with Crippen LogP contribution in [0.5, 0.6) is 11.5 Å². The van der Waals surface area contributed by atoms with Gasteiger partial charge in [0.15, 0.2) is 11.4 Å². The normalized spacial score (nSPS) is 21.0. The van der Waals surface area contributed by atoms with Crippen molar-refractivity contribution in [3.8, 4) is 11.5 Å². The van der Waals surface area contributed by atoms with E-state index >= 15 is 0 Å². The van der Waals surface area contributed by atoms with Crippen LogP contribution in [0.15, 0.2) is 42.1 Å². The zero-order chi connectivity index (χ0) is 15.6. The first-order chi connectivity index (χ1) is 9.93. The Kier molecular flexibility index (Phi) is 4.17. The summed E-state index contributed by atoms with van der Waals surface area (Å²) in [4.78, 5) is -0.274. The highest BCUT2D eigenvalue weighted by Crippen LogP contribution is 2.39. The van der Waals surface area contributed by atoms with Crippen LogP contribution in [0.1, 0.15) is 6.92 Å². The molecule has 0 saturated carbocycles. The van der Waals surface area contributed by atoms with Gasteiger partial charge in [-0.2, -0.15) is 8.42 Å². The molecular weight excluding hydrogens is 294 g/mol. The number of allylic oxidation sites excluding steroid dienone is 2. The van der Waals surface area contributed by atoms with Crippen LogP contribution >= 0.6 is 0 Å². The monoisotopic (exact) mass is 309 g/mol. The number of nitrogens with zero attached hydrogens (tertiary/aromatic N) is 1. The molecule has 0 saturated heterocycles. The van der Waals surface area contributed by atoms with Crippen molar-refractivity contribution in [3.63, 3.8) is 0 Å². The van der Waals surface area contributed by atoms with Crippen LogP contribution in [0.2, 0.25) is 0 Å². The molecule has 1 aromatic carbocycles. The molecule has 1 aromatic rings. The minimum atomic E-state index is -2.66. The second kappa shape index (κ2) is 5.72. The van der Waals surface area contributed by atoms with E-state index in [1.807, 2.05) is 0 Å². The molecule has 21 heavy (non-hydrogen) atoms. The topological polar surface area (TPSA) is 75.7 Å². The van der Waals surface area contributed by atoms with Gasteiger partial charge in [-0.05, 0) is 31.2 Å². The van der Waals surface area contributed by atoms with E-state index in [4.69, 9.17) is 9.47 Å². The maximum absolute atomic E-state index is 13.2. The lowest BCUT2D eigenvalue weighted by atomic mass is 10.1. The maximum atomic E-state index is 13.2. The first kappa shape index (κ1) is 15.3. The molecule has 6 nitrogen and oxygen atoms in total. The molecule has 1 aliphatic heterocycles. The molecular formula is C14H15NO5S. The van der Waals surface area contributed by atoms with Gasteiger partial charge in [0, 0.05) is 11.6 Å². The Balaban J connectivity index is 2.78. The third-order valence-corrected chi connectivity index (χ3v) is 4.09. The van der Waals surface area contributed by atoms with Crippen LogP contribution < -0.4 is 14.1 Å². The summed E-state index contributed by atoms with van der Waals surface area (Å²) in [6.45, 7) is 1.58. The Hall–Kier alpha value is -2.09. The molecule has 7 heteroatoms. The molecule has 0 aliphatic carbocycles. The average molecular weight is 309 g/mol. The number of methoxy groups -OCH3 is 2. The van der Waals surface area contributed by atoms with E-state index in [1.165, 1.54) is 32.6 Å². The quantitative estimate of drug-likeness (QED) is 0.485. The van der Waals surface area contributed by atoms with Crippen LogP contribution in [-0.4, -0.2) is 27.6 Å². The third-order valence-electron chi connectivity index (χ3n) is 3.18. The van der Waals surface area contributed by atoms with Crippen LogP contribution in [0.3, 0.4) is 0 Å². The van der Waals surface area contributed by atoms with Crippen LogP contribution in [0.4, 0.5) is 5.69 Å². The Labute approximate surface area is 124 Å². The van der Waals surface area contributed by atoms with Crippen molar-refractivity contribution in [3.05, 3.63) is 47.3 Å². The molecule has 0 N–H and O–H groups in total. The fourth-order valence-electron chi connectivity index (χ4n) is 2.20. The Morgan fingerprint density at radius 1 is 1.19 bits per heavy atom. The van der Waals surface area contributed by atoms with Gasteiger partial charge in [0.1, 0.15) is 11.9 Å². The molecule has 0 amide bonds. The molecule has 1 heterocycles. The maximum Gasteiger partial charge on any atom is 0.277 e. The largest absolute Gasteiger partial charge is 0.616 e. The molecule has 0 bridgehead atoms. The van der Waals surface area contributed by atoms with Crippen molar-refractivity contribution < 1.29 is 17.9 Å². The second-order valence-electron chi connectivity index (χ2n) is 4.43. The number of hydrogen-bond donors (Lipinski definition) is 0. The van der Waals surface area contributed by atoms with E-state index < -0.39 is 14.9 Å². The van der Waals surface area contributed by atoms with Gasteiger partial charge in [-0.3, -0.25) is 4.65 Å². The van der Waals surface area contributed by atoms with Crippen LogP contribution in [0.25, 0.3) is 0 Å². The lowest BCUT2D eigenvalue weighted by molar-refractivity contribution is 0.398. The summed E-state index contributed by atoms with van der Waals surface area (Å²) >= 11 is 0. The summed E-state index contributed by atoms with van der Waals surface area (Å²) in [6.07, 6.45) is 4.35. The molecule has 1 unspecified atom stereocenters. The molecule has 0 radical (unpaired) electrons. The Morgan fingerprint density at radius 3 is 2.48 bits per heavy atom. The zero-order valence-electron chi connectivity index (χ0n) is 11.9. The highest BCUT2D eigenvalue weighted by Gasteiger charge is 2.34. The molecule has 1 atom stereocenters. The first-order valence-electron chi connectivity index (χ1n) is 6.09. The number of quaternary nitrogens is 1.